The van der Waals surface area contributed by atoms with Gasteiger partial charge >= 0.3 is 0 Å². The highest BCUT2D eigenvalue weighted by atomic mass is 79.9. The first-order valence-electron chi connectivity index (χ1n) is 8.73. The largest absolute Gasteiger partial charge is 0.494 e. The van der Waals surface area contributed by atoms with Crippen LogP contribution in [0.15, 0.2) is 69.5 Å². The molecule has 0 atom stereocenters. The standard InChI is InChI=1S/C21H16BrClN2O2S/c22-15-4-2-14(3-5-15)18-12-28-20-19(18)21(26)25(13-24-20)10-1-11-27-17-8-6-16(23)7-9-17/h2-9,12-13H,1,10-11H2. The van der Waals surface area contributed by atoms with Crippen LogP contribution in [0.5, 0.6) is 5.75 Å². The molecular weight excluding hydrogens is 460 g/mol. The van der Waals surface area contributed by atoms with E-state index in [-0.39, 0.29) is 5.56 Å². The van der Waals surface area contributed by atoms with Crippen molar-refractivity contribution in [3.63, 3.8) is 0 Å². The molecule has 2 aromatic heterocycles. The van der Waals surface area contributed by atoms with Crippen molar-refractivity contribution in [3.05, 3.63) is 80.1 Å². The van der Waals surface area contributed by atoms with Gasteiger partial charge in [-0.25, -0.2) is 4.98 Å². The van der Waals surface area contributed by atoms with Gasteiger partial charge in [0.15, 0.2) is 0 Å². The van der Waals surface area contributed by atoms with Crippen LogP contribution in [0.25, 0.3) is 21.3 Å². The van der Waals surface area contributed by atoms with Crippen molar-refractivity contribution < 1.29 is 4.74 Å². The predicted molar refractivity (Wildman–Crippen MR) is 119 cm³/mol. The van der Waals surface area contributed by atoms with Gasteiger partial charge in [-0.3, -0.25) is 9.36 Å². The van der Waals surface area contributed by atoms with Crippen molar-refractivity contribution in [1.82, 2.24) is 9.55 Å². The summed E-state index contributed by atoms with van der Waals surface area (Å²) in [6.45, 7) is 1.06. The van der Waals surface area contributed by atoms with E-state index in [1.54, 1.807) is 23.0 Å². The van der Waals surface area contributed by atoms with E-state index >= 15 is 0 Å². The Labute approximate surface area is 179 Å². The van der Waals surface area contributed by atoms with Gasteiger partial charge in [-0.1, -0.05) is 39.7 Å². The molecule has 4 aromatic rings. The van der Waals surface area contributed by atoms with E-state index in [4.69, 9.17) is 16.3 Å². The predicted octanol–water partition coefficient (Wildman–Crippen LogP) is 6.01. The molecule has 28 heavy (non-hydrogen) atoms. The van der Waals surface area contributed by atoms with E-state index in [9.17, 15) is 4.79 Å². The first-order chi connectivity index (χ1) is 13.6. The van der Waals surface area contributed by atoms with Crippen LogP contribution in [-0.4, -0.2) is 16.2 Å². The summed E-state index contributed by atoms with van der Waals surface area (Å²) < 4.78 is 8.36. The summed E-state index contributed by atoms with van der Waals surface area (Å²) in [7, 11) is 0. The van der Waals surface area contributed by atoms with Crippen LogP contribution in [0.1, 0.15) is 6.42 Å². The molecule has 0 unspecified atom stereocenters. The third-order valence-corrected chi connectivity index (χ3v) is 6.01. The van der Waals surface area contributed by atoms with Crippen LogP contribution in [-0.2, 0) is 6.54 Å². The lowest BCUT2D eigenvalue weighted by atomic mass is 10.1. The van der Waals surface area contributed by atoms with E-state index in [1.807, 2.05) is 41.8 Å². The quantitative estimate of drug-likeness (QED) is 0.321. The molecule has 0 fully saturated rings. The van der Waals surface area contributed by atoms with Gasteiger partial charge in [-0.05, 0) is 48.4 Å². The number of hydrogen-bond donors (Lipinski definition) is 0. The summed E-state index contributed by atoms with van der Waals surface area (Å²) in [6, 6.07) is 15.2. The molecule has 0 aliphatic heterocycles. The molecule has 0 amide bonds. The summed E-state index contributed by atoms with van der Waals surface area (Å²) in [5.74, 6) is 0.765. The Bertz CT molecular complexity index is 1150. The second-order valence-electron chi connectivity index (χ2n) is 6.24. The molecule has 142 valence electrons. The highest BCUT2D eigenvalue weighted by Gasteiger charge is 2.13. The Balaban J connectivity index is 1.51. The normalized spacial score (nSPS) is 11.1. The molecule has 0 saturated heterocycles. The summed E-state index contributed by atoms with van der Waals surface area (Å²) >= 11 is 10.8. The maximum absolute atomic E-state index is 13.0. The van der Waals surface area contributed by atoms with Gasteiger partial charge in [0.1, 0.15) is 10.6 Å². The molecular formula is C21H16BrClN2O2S. The van der Waals surface area contributed by atoms with Crippen LogP contribution >= 0.6 is 38.9 Å². The maximum Gasteiger partial charge on any atom is 0.262 e. The molecule has 0 aliphatic rings. The van der Waals surface area contributed by atoms with Crippen molar-refractivity contribution >= 4 is 49.1 Å². The first-order valence-corrected chi connectivity index (χ1v) is 10.8. The lowest BCUT2D eigenvalue weighted by molar-refractivity contribution is 0.301. The second-order valence-corrected chi connectivity index (χ2v) is 8.45. The Morgan fingerprint density at radius 1 is 1.11 bits per heavy atom. The Morgan fingerprint density at radius 3 is 2.61 bits per heavy atom. The Kier molecular flexibility index (Phi) is 5.80. The zero-order valence-electron chi connectivity index (χ0n) is 14.8. The number of aromatic nitrogens is 2. The van der Waals surface area contributed by atoms with Gasteiger partial charge in [-0.2, -0.15) is 0 Å². The number of benzene rings is 2. The first kappa shape index (κ1) is 19.2. The van der Waals surface area contributed by atoms with Gasteiger partial charge in [0.2, 0.25) is 0 Å². The molecule has 0 saturated carbocycles. The second kappa shape index (κ2) is 8.47. The molecule has 0 bridgehead atoms. The molecule has 4 nitrogen and oxygen atoms in total. The van der Waals surface area contributed by atoms with Gasteiger partial charge in [-0.15, -0.1) is 11.3 Å². The zero-order valence-corrected chi connectivity index (χ0v) is 17.9. The van der Waals surface area contributed by atoms with Crippen LogP contribution in [0.2, 0.25) is 5.02 Å². The number of hydrogen-bond acceptors (Lipinski definition) is 4. The number of rotatable bonds is 6. The van der Waals surface area contributed by atoms with E-state index in [1.165, 1.54) is 11.3 Å². The van der Waals surface area contributed by atoms with Crippen LogP contribution < -0.4 is 10.3 Å². The molecule has 2 aromatic carbocycles. The van der Waals surface area contributed by atoms with Crippen molar-refractivity contribution in [1.29, 1.82) is 0 Å². The molecule has 2 heterocycles. The molecule has 7 heteroatoms. The van der Waals surface area contributed by atoms with E-state index in [0.29, 0.717) is 30.0 Å². The number of aryl methyl sites for hydroxylation is 1. The van der Waals surface area contributed by atoms with Gasteiger partial charge in [0, 0.05) is 27.0 Å². The zero-order chi connectivity index (χ0) is 19.5. The van der Waals surface area contributed by atoms with E-state index in [2.05, 4.69) is 20.9 Å². The summed E-state index contributed by atoms with van der Waals surface area (Å²) in [5, 5.41) is 3.35. The average Bonchev–Trinajstić information content (AvgIpc) is 3.14. The van der Waals surface area contributed by atoms with Crippen molar-refractivity contribution in [2.45, 2.75) is 13.0 Å². The van der Waals surface area contributed by atoms with E-state index < -0.39 is 0 Å². The lowest BCUT2D eigenvalue weighted by Crippen LogP contribution is -2.21. The summed E-state index contributed by atoms with van der Waals surface area (Å²) in [4.78, 5) is 18.2. The fourth-order valence-corrected chi connectivity index (χ4v) is 4.22. The van der Waals surface area contributed by atoms with Crippen molar-refractivity contribution in [3.8, 4) is 16.9 Å². The third kappa shape index (κ3) is 4.14. The number of ether oxygens (including phenoxy) is 1. The Hall–Kier alpha value is -2.15. The molecule has 0 aliphatic carbocycles. The summed E-state index contributed by atoms with van der Waals surface area (Å²) in [5.41, 5.74) is 1.92. The van der Waals surface area contributed by atoms with Crippen LogP contribution in [0.4, 0.5) is 0 Å². The highest BCUT2D eigenvalue weighted by molar-refractivity contribution is 9.10. The number of thiophene rings is 1. The van der Waals surface area contributed by atoms with Gasteiger partial charge < -0.3 is 4.74 Å². The minimum absolute atomic E-state index is 0.0179. The SMILES string of the molecule is O=c1c2c(-c3ccc(Br)cc3)csc2ncn1CCCOc1ccc(Cl)cc1. The fraction of sp³-hybridized carbons (Fsp3) is 0.143. The van der Waals surface area contributed by atoms with Crippen molar-refractivity contribution in [2.75, 3.05) is 6.61 Å². The number of fused-ring (bicyclic) bond motifs is 1. The Morgan fingerprint density at radius 2 is 1.86 bits per heavy atom. The summed E-state index contributed by atoms with van der Waals surface area (Å²) in [6.07, 6.45) is 2.32. The minimum atomic E-state index is -0.0179. The van der Waals surface area contributed by atoms with E-state index in [0.717, 1.165) is 26.2 Å². The van der Waals surface area contributed by atoms with Gasteiger partial charge in [0.25, 0.3) is 5.56 Å². The fourth-order valence-electron chi connectivity index (χ4n) is 2.92. The third-order valence-electron chi connectivity index (χ3n) is 4.34. The van der Waals surface area contributed by atoms with Crippen molar-refractivity contribution in [2.24, 2.45) is 0 Å². The topological polar surface area (TPSA) is 44.1 Å². The minimum Gasteiger partial charge on any atom is -0.494 e. The number of nitrogens with zero attached hydrogens (tertiary/aromatic N) is 2. The lowest BCUT2D eigenvalue weighted by Gasteiger charge is -2.08. The maximum atomic E-state index is 13.0. The van der Waals surface area contributed by atoms with Crippen LogP contribution in [0, 0.1) is 0 Å². The smallest absolute Gasteiger partial charge is 0.262 e. The van der Waals surface area contributed by atoms with Crippen LogP contribution in [0.3, 0.4) is 0 Å². The van der Waals surface area contributed by atoms with Gasteiger partial charge in [0.05, 0.1) is 18.3 Å². The average molecular weight is 476 g/mol. The molecule has 0 N–H and O–H groups in total. The molecule has 0 spiro atoms. The molecule has 0 radical (unpaired) electrons. The number of halogens is 2. The monoisotopic (exact) mass is 474 g/mol. The molecule has 4 rings (SSSR count). The highest BCUT2D eigenvalue weighted by Crippen LogP contribution is 2.31.